The van der Waals surface area contributed by atoms with Crippen molar-refractivity contribution in [1.82, 2.24) is 5.32 Å². The minimum atomic E-state index is -0.736. The number of nitrogens with zero attached hydrogens (tertiary/aromatic N) is 1. The Morgan fingerprint density at radius 3 is 2.53 bits per heavy atom. The molecule has 0 unspecified atom stereocenters. The maximum absolute atomic E-state index is 9.94. The fraction of sp³-hybridized carbons (Fsp3) is 0.600. The van der Waals surface area contributed by atoms with E-state index in [2.05, 4.69) is 19.2 Å². The van der Waals surface area contributed by atoms with Crippen LogP contribution in [0, 0.1) is 0 Å². The van der Waals surface area contributed by atoms with Gasteiger partial charge in [0.25, 0.3) is 0 Å². The van der Waals surface area contributed by atoms with Crippen LogP contribution in [0.4, 0.5) is 5.69 Å². The Labute approximate surface area is 121 Å². The van der Waals surface area contributed by atoms with E-state index in [4.69, 9.17) is 11.6 Å². The molecule has 0 radical (unpaired) electrons. The number of hydrogen-bond donors (Lipinski definition) is 2. The lowest BCUT2D eigenvalue weighted by molar-refractivity contribution is 0.0886. The summed E-state index contributed by atoms with van der Waals surface area (Å²) in [6.07, 6.45) is 0. The van der Waals surface area contributed by atoms with Crippen molar-refractivity contribution in [3.63, 3.8) is 0 Å². The van der Waals surface area contributed by atoms with Crippen molar-refractivity contribution >= 4 is 17.3 Å². The molecule has 0 atom stereocenters. The van der Waals surface area contributed by atoms with Crippen LogP contribution in [0.15, 0.2) is 18.2 Å². The van der Waals surface area contributed by atoms with Crippen LogP contribution < -0.4 is 10.2 Å². The molecule has 19 heavy (non-hydrogen) atoms. The molecular weight excluding hydrogens is 260 g/mol. The molecule has 0 saturated heterocycles. The highest BCUT2D eigenvalue weighted by atomic mass is 35.5. The number of rotatable bonds is 6. The monoisotopic (exact) mass is 284 g/mol. The molecule has 2 N–H and O–H groups in total. The van der Waals surface area contributed by atoms with Crippen LogP contribution in [0.3, 0.4) is 0 Å². The maximum atomic E-state index is 9.94. The molecule has 0 fully saturated rings. The van der Waals surface area contributed by atoms with Crippen LogP contribution in [0.1, 0.15) is 33.3 Å². The second-order valence-corrected chi connectivity index (χ2v) is 6.35. The van der Waals surface area contributed by atoms with Crippen LogP contribution in [0.2, 0.25) is 5.02 Å². The Morgan fingerprint density at radius 1 is 1.37 bits per heavy atom. The standard InChI is InChI=1S/C15H25ClN2O/c1-11(2)17-9-12-13(16)7-6-8-14(12)18(5)10-15(3,4)19/h6-8,11,17,19H,9-10H2,1-5H3. The maximum Gasteiger partial charge on any atom is 0.0765 e. The normalized spacial score (nSPS) is 12.0. The Kier molecular flexibility index (Phi) is 5.65. The lowest BCUT2D eigenvalue weighted by atomic mass is 10.1. The molecule has 0 aliphatic carbocycles. The van der Waals surface area contributed by atoms with Crippen molar-refractivity contribution in [3.05, 3.63) is 28.8 Å². The minimum Gasteiger partial charge on any atom is -0.389 e. The Balaban J connectivity index is 2.96. The number of hydrogen-bond acceptors (Lipinski definition) is 3. The van der Waals surface area contributed by atoms with Crippen LogP contribution >= 0.6 is 11.6 Å². The van der Waals surface area contributed by atoms with Gasteiger partial charge in [0, 0.05) is 42.5 Å². The molecule has 0 aromatic heterocycles. The zero-order valence-corrected chi connectivity index (χ0v) is 13.3. The highest BCUT2D eigenvalue weighted by molar-refractivity contribution is 6.31. The first-order valence-corrected chi connectivity index (χ1v) is 7.03. The Hall–Kier alpha value is -0.770. The zero-order chi connectivity index (χ0) is 14.6. The van der Waals surface area contributed by atoms with E-state index in [9.17, 15) is 5.11 Å². The third kappa shape index (κ3) is 5.39. The van der Waals surface area contributed by atoms with E-state index in [0.717, 1.165) is 22.8 Å². The molecule has 0 heterocycles. The van der Waals surface area contributed by atoms with Gasteiger partial charge in [-0.15, -0.1) is 0 Å². The molecule has 0 aliphatic heterocycles. The van der Waals surface area contributed by atoms with Crippen LogP contribution in [0.25, 0.3) is 0 Å². The average Bonchev–Trinajstić information content (AvgIpc) is 2.24. The Morgan fingerprint density at radius 2 is 2.00 bits per heavy atom. The summed E-state index contributed by atoms with van der Waals surface area (Å²) in [6.45, 7) is 9.11. The molecule has 4 heteroatoms. The summed E-state index contributed by atoms with van der Waals surface area (Å²) in [5.74, 6) is 0. The predicted octanol–water partition coefficient (Wildman–Crippen LogP) is 3.05. The number of likely N-dealkylation sites (N-methyl/N-ethyl adjacent to an activating group) is 1. The van der Waals surface area contributed by atoms with Crippen LogP contribution in [-0.2, 0) is 6.54 Å². The van der Waals surface area contributed by atoms with Crippen molar-refractivity contribution < 1.29 is 5.11 Å². The molecule has 0 amide bonds. The smallest absolute Gasteiger partial charge is 0.0765 e. The fourth-order valence-corrected chi connectivity index (χ4v) is 2.29. The molecule has 0 bridgehead atoms. The summed E-state index contributed by atoms with van der Waals surface area (Å²) in [6, 6.07) is 6.29. The van der Waals surface area contributed by atoms with Crippen LogP contribution in [-0.4, -0.2) is 30.3 Å². The first-order chi connectivity index (χ1) is 8.70. The molecule has 0 saturated carbocycles. The first-order valence-electron chi connectivity index (χ1n) is 6.65. The molecule has 1 aromatic rings. The van der Waals surface area contributed by atoms with Crippen molar-refractivity contribution in [2.45, 2.75) is 45.9 Å². The average molecular weight is 285 g/mol. The topological polar surface area (TPSA) is 35.5 Å². The van der Waals surface area contributed by atoms with E-state index in [-0.39, 0.29) is 0 Å². The number of nitrogens with one attached hydrogen (secondary N) is 1. The van der Waals surface area contributed by atoms with Gasteiger partial charge in [-0.2, -0.15) is 0 Å². The van der Waals surface area contributed by atoms with Gasteiger partial charge in [-0.05, 0) is 26.0 Å². The first kappa shape index (κ1) is 16.3. The summed E-state index contributed by atoms with van der Waals surface area (Å²) in [4.78, 5) is 2.04. The molecular formula is C15H25ClN2O. The quantitative estimate of drug-likeness (QED) is 0.843. The SMILES string of the molecule is CC(C)NCc1c(Cl)cccc1N(C)CC(C)(C)O. The number of benzene rings is 1. The minimum absolute atomic E-state index is 0.406. The Bertz CT molecular complexity index is 413. The van der Waals surface area contributed by atoms with Crippen molar-refractivity contribution in [2.24, 2.45) is 0 Å². The highest BCUT2D eigenvalue weighted by Crippen LogP contribution is 2.27. The van der Waals surface area contributed by atoms with E-state index >= 15 is 0 Å². The number of halogens is 1. The van der Waals surface area contributed by atoms with Gasteiger partial charge in [0.1, 0.15) is 0 Å². The van der Waals surface area contributed by atoms with Gasteiger partial charge in [0.2, 0.25) is 0 Å². The van der Waals surface area contributed by atoms with Gasteiger partial charge in [0.15, 0.2) is 0 Å². The summed E-state index contributed by atoms with van der Waals surface area (Å²) in [5, 5.41) is 14.1. The summed E-state index contributed by atoms with van der Waals surface area (Å²) in [5.41, 5.74) is 1.40. The van der Waals surface area contributed by atoms with E-state index in [1.54, 1.807) is 13.8 Å². The second kappa shape index (κ2) is 6.60. The zero-order valence-electron chi connectivity index (χ0n) is 12.5. The molecule has 1 rings (SSSR count). The lowest BCUT2D eigenvalue weighted by Gasteiger charge is -2.29. The van der Waals surface area contributed by atoms with Crippen molar-refractivity contribution in [3.8, 4) is 0 Å². The fourth-order valence-electron chi connectivity index (χ4n) is 2.05. The van der Waals surface area contributed by atoms with Gasteiger partial charge in [-0.1, -0.05) is 31.5 Å². The van der Waals surface area contributed by atoms with E-state index in [0.29, 0.717) is 12.6 Å². The largest absolute Gasteiger partial charge is 0.389 e. The second-order valence-electron chi connectivity index (χ2n) is 5.94. The van der Waals surface area contributed by atoms with Gasteiger partial charge in [-0.25, -0.2) is 0 Å². The predicted molar refractivity (Wildman–Crippen MR) is 83.0 cm³/mol. The molecule has 3 nitrogen and oxygen atoms in total. The van der Waals surface area contributed by atoms with E-state index in [1.165, 1.54) is 0 Å². The van der Waals surface area contributed by atoms with Gasteiger partial charge < -0.3 is 15.3 Å². The lowest BCUT2D eigenvalue weighted by Crippen LogP contribution is -2.37. The molecule has 1 aromatic carbocycles. The third-order valence-corrected chi connectivity index (χ3v) is 3.17. The van der Waals surface area contributed by atoms with Gasteiger partial charge in [-0.3, -0.25) is 0 Å². The summed E-state index contributed by atoms with van der Waals surface area (Å²) < 4.78 is 0. The van der Waals surface area contributed by atoms with E-state index < -0.39 is 5.60 Å². The highest BCUT2D eigenvalue weighted by Gasteiger charge is 2.18. The van der Waals surface area contributed by atoms with Crippen LogP contribution in [0.5, 0.6) is 0 Å². The van der Waals surface area contributed by atoms with Crippen molar-refractivity contribution in [1.29, 1.82) is 0 Å². The van der Waals surface area contributed by atoms with E-state index in [1.807, 2.05) is 30.1 Å². The molecule has 0 aliphatic rings. The van der Waals surface area contributed by atoms with Gasteiger partial charge >= 0.3 is 0 Å². The number of aliphatic hydroxyl groups is 1. The van der Waals surface area contributed by atoms with Crippen molar-refractivity contribution in [2.75, 3.05) is 18.5 Å². The molecule has 0 spiro atoms. The molecule has 108 valence electrons. The third-order valence-electron chi connectivity index (χ3n) is 2.82. The summed E-state index contributed by atoms with van der Waals surface area (Å²) >= 11 is 6.30. The summed E-state index contributed by atoms with van der Waals surface area (Å²) in [7, 11) is 1.97. The number of anilines is 1. The van der Waals surface area contributed by atoms with Gasteiger partial charge in [0.05, 0.1) is 5.60 Å².